The Bertz CT molecular complexity index is 1670. The number of amides is 2. The molecular formula is C32H32ClN3O4S. The van der Waals surface area contributed by atoms with Gasteiger partial charge in [0.05, 0.1) is 10.6 Å². The summed E-state index contributed by atoms with van der Waals surface area (Å²) in [6.07, 6.45) is 0.684. The van der Waals surface area contributed by atoms with Gasteiger partial charge in [-0.25, -0.2) is 8.42 Å². The van der Waals surface area contributed by atoms with Gasteiger partial charge in [-0.1, -0.05) is 84.4 Å². The van der Waals surface area contributed by atoms with Crippen LogP contribution in [0.5, 0.6) is 0 Å². The molecule has 1 heterocycles. The molecule has 7 nitrogen and oxygen atoms in total. The average molecular weight is 590 g/mol. The lowest BCUT2D eigenvalue weighted by atomic mass is 10.0. The van der Waals surface area contributed by atoms with E-state index in [0.717, 1.165) is 16.5 Å². The van der Waals surface area contributed by atoms with Gasteiger partial charge >= 0.3 is 0 Å². The minimum absolute atomic E-state index is 0.0630. The summed E-state index contributed by atoms with van der Waals surface area (Å²) in [6, 6.07) is 26.9. The standard InChI is InChI=1S/C32H32ClN3O4S/c1-2-34-32(38)28(21-23-11-4-3-5-12-23)35(22-25-13-6-7-16-26(25)33)30(37)19-10-20-36-27-17-8-14-24-15-9-18-29(31(24)27)41(36,39)40/h3-9,11-18,28H,2,10,19-22H2,1H3,(H,34,38). The number of halogens is 1. The molecule has 212 valence electrons. The van der Waals surface area contributed by atoms with Gasteiger partial charge in [-0.05, 0) is 48.1 Å². The third-order valence-corrected chi connectivity index (χ3v) is 9.58. The Morgan fingerprint density at radius 3 is 2.37 bits per heavy atom. The summed E-state index contributed by atoms with van der Waals surface area (Å²) in [5.74, 6) is -0.495. The lowest BCUT2D eigenvalue weighted by Crippen LogP contribution is -2.50. The van der Waals surface area contributed by atoms with E-state index in [0.29, 0.717) is 29.1 Å². The van der Waals surface area contributed by atoms with Crippen molar-refractivity contribution < 1.29 is 18.0 Å². The van der Waals surface area contributed by atoms with Crippen LogP contribution in [0.3, 0.4) is 0 Å². The SMILES string of the molecule is CCNC(=O)C(Cc1ccccc1)N(Cc1ccccc1Cl)C(=O)CCCN1c2cccc3cccc(c23)S1(=O)=O. The number of carbonyl (C=O) groups excluding carboxylic acids is 2. The minimum Gasteiger partial charge on any atom is -0.355 e. The maximum atomic E-state index is 13.9. The maximum absolute atomic E-state index is 13.9. The molecule has 5 rings (SSSR count). The summed E-state index contributed by atoms with van der Waals surface area (Å²) >= 11 is 6.47. The number of benzene rings is 4. The Balaban J connectivity index is 1.39. The summed E-state index contributed by atoms with van der Waals surface area (Å²) in [5, 5.41) is 4.96. The Kier molecular flexibility index (Phi) is 8.61. The molecule has 0 spiro atoms. The molecule has 1 aliphatic heterocycles. The van der Waals surface area contributed by atoms with E-state index in [1.165, 1.54) is 4.31 Å². The number of sulfonamides is 1. The molecule has 0 aromatic heterocycles. The third kappa shape index (κ3) is 5.94. The minimum atomic E-state index is -3.72. The largest absolute Gasteiger partial charge is 0.355 e. The fourth-order valence-corrected chi connectivity index (χ4v) is 7.32. The van der Waals surface area contributed by atoms with Gasteiger partial charge in [0, 0.05) is 42.9 Å². The van der Waals surface area contributed by atoms with Crippen molar-refractivity contribution in [3.05, 3.63) is 107 Å². The Hall–Kier alpha value is -3.88. The monoisotopic (exact) mass is 589 g/mol. The number of carbonyl (C=O) groups is 2. The van der Waals surface area contributed by atoms with Crippen LogP contribution in [-0.2, 0) is 32.6 Å². The molecule has 0 aliphatic carbocycles. The summed E-state index contributed by atoms with van der Waals surface area (Å²) in [5.41, 5.74) is 2.28. The van der Waals surface area contributed by atoms with E-state index in [4.69, 9.17) is 11.6 Å². The zero-order chi connectivity index (χ0) is 29.0. The molecule has 1 N–H and O–H groups in total. The lowest BCUT2D eigenvalue weighted by molar-refractivity contribution is -0.141. The van der Waals surface area contributed by atoms with Crippen molar-refractivity contribution in [3.8, 4) is 0 Å². The van der Waals surface area contributed by atoms with Crippen molar-refractivity contribution in [2.45, 2.75) is 43.7 Å². The van der Waals surface area contributed by atoms with Gasteiger partial charge in [0.15, 0.2) is 0 Å². The first-order chi connectivity index (χ1) is 19.8. The van der Waals surface area contributed by atoms with Crippen LogP contribution in [0.1, 0.15) is 30.9 Å². The summed E-state index contributed by atoms with van der Waals surface area (Å²) in [6.45, 7) is 2.57. The molecule has 0 bridgehead atoms. The van der Waals surface area contributed by atoms with Crippen LogP contribution in [0, 0.1) is 0 Å². The van der Waals surface area contributed by atoms with Crippen LogP contribution in [0.15, 0.2) is 95.9 Å². The molecule has 2 amide bonds. The number of anilines is 1. The molecule has 4 aromatic carbocycles. The van der Waals surface area contributed by atoms with E-state index < -0.39 is 16.1 Å². The Morgan fingerprint density at radius 2 is 1.63 bits per heavy atom. The van der Waals surface area contributed by atoms with E-state index in [1.807, 2.05) is 73.7 Å². The van der Waals surface area contributed by atoms with Gasteiger partial charge < -0.3 is 10.2 Å². The number of nitrogens with one attached hydrogen (secondary N) is 1. The number of likely N-dealkylation sites (N-methyl/N-ethyl adjacent to an activating group) is 1. The molecule has 4 aromatic rings. The number of hydrogen-bond acceptors (Lipinski definition) is 4. The van der Waals surface area contributed by atoms with Gasteiger partial charge in [-0.3, -0.25) is 13.9 Å². The molecule has 0 saturated carbocycles. The second-order valence-corrected chi connectivity index (χ2v) is 12.3. The summed E-state index contributed by atoms with van der Waals surface area (Å²) in [7, 11) is -3.72. The predicted octanol–water partition coefficient (Wildman–Crippen LogP) is 5.56. The average Bonchev–Trinajstić information content (AvgIpc) is 3.19. The first-order valence-electron chi connectivity index (χ1n) is 13.7. The first kappa shape index (κ1) is 28.6. The smallest absolute Gasteiger partial charge is 0.265 e. The fraction of sp³-hybridized carbons (Fsp3) is 0.250. The van der Waals surface area contributed by atoms with Crippen LogP contribution in [0.25, 0.3) is 10.8 Å². The number of hydrogen-bond donors (Lipinski definition) is 1. The third-order valence-electron chi connectivity index (χ3n) is 7.35. The zero-order valence-corrected chi connectivity index (χ0v) is 24.4. The second-order valence-electron chi connectivity index (χ2n) is 10.0. The van der Waals surface area contributed by atoms with Crippen molar-refractivity contribution in [1.29, 1.82) is 0 Å². The Morgan fingerprint density at radius 1 is 0.927 bits per heavy atom. The summed E-state index contributed by atoms with van der Waals surface area (Å²) in [4.78, 5) is 29.1. The second kappa shape index (κ2) is 12.3. The quantitative estimate of drug-likeness (QED) is 0.248. The highest BCUT2D eigenvalue weighted by atomic mass is 35.5. The first-order valence-corrected chi connectivity index (χ1v) is 15.5. The highest BCUT2D eigenvalue weighted by molar-refractivity contribution is 7.93. The van der Waals surface area contributed by atoms with Crippen molar-refractivity contribution in [2.75, 3.05) is 17.4 Å². The van der Waals surface area contributed by atoms with Gasteiger partial charge in [-0.2, -0.15) is 0 Å². The highest BCUT2D eigenvalue weighted by Gasteiger charge is 2.36. The topological polar surface area (TPSA) is 86.8 Å². The number of nitrogens with zero attached hydrogens (tertiary/aromatic N) is 2. The molecular weight excluding hydrogens is 558 g/mol. The molecule has 1 aliphatic rings. The van der Waals surface area contributed by atoms with Crippen LogP contribution in [0.4, 0.5) is 5.69 Å². The van der Waals surface area contributed by atoms with Crippen molar-refractivity contribution in [1.82, 2.24) is 10.2 Å². The molecule has 0 radical (unpaired) electrons. The molecule has 0 saturated heterocycles. The molecule has 1 unspecified atom stereocenters. The number of rotatable bonds is 11. The van der Waals surface area contributed by atoms with Gasteiger partial charge in [0.25, 0.3) is 10.0 Å². The van der Waals surface area contributed by atoms with Crippen LogP contribution in [0.2, 0.25) is 5.02 Å². The molecule has 1 atom stereocenters. The summed E-state index contributed by atoms with van der Waals surface area (Å²) < 4.78 is 28.2. The predicted molar refractivity (Wildman–Crippen MR) is 162 cm³/mol. The maximum Gasteiger partial charge on any atom is 0.265 e. The molecule has 41 heavy (non-hydrogen) atoms. The van der Waals surface area contributed by atoms with Crippen LogP contribution in [-0.4, -0.2) is 44.3 Å². The van der Waals surface area contributed by atoms with Crippen molar-refractivity contribution in [2.24, 2.45) is 0 Å². The van der Waals surface area contributed by atoms with Crippen molar-refractivity contribution >= 4 is 49.9 Å². The molecule has 9 heteroatoms. The zero-order valence-electron chi connectivity index (χ0n) is 22.8. The van der Waals surface area contributed by atoms with Gasteiger partial charge in [0.1, 0.15) is 6.04 Å². The molecule has 0 fully saturated rings. The van der Waals surface area contributed by atoms with E-state index in [1.54, 1.807) is 29.2 Å². The van der Waals surface area contributed by atoms with E-state index in [9.17, 15) is 18.0 Å². The van der Waals surface area contributed by atoms with E-state index in [-0.39, 0.29) is 42.6 Å². The lowest BCUT2D eigenvalue weighted by Gasteiger charge is -2.32. The van der Waals surface area contributed by atoms with Gasteiger partial charge in [0.2, 0.25) is 11.8 Å². The van der Waals surface area contributed by atoms with Crippen LogP contribution < -0.4 is 9.62 Å². The fourth-order valence-electron chi connectivity index (χ4n) is 5.37. The normalized spacial score (nSPS) is 14.1. The van der Waals surface area contributed by atoms with Gasteiger partial charge in [-0.15, -0.1) is 0 Å². The highest BCUT2D eigenvalue weighted by Crippen LogP contribution is 2.42. The van der Waals surface area contributed by atoms with Crippen molar-refractivity contribution in [3.63, 3.8) is 0 Å². The van der Waals surface area contributed by atoms with E-state index in [2.05, 4.69) is 5.32 Å². The Labute approximate surface area is 245 Å². The van der Waals surface area contributed by atoms with Crippen LogP contribution >= 0.6 is 11.6 Å². The van der Waals surface area contributed by atoms with E-state index >= 15 is 0 Å².